The van der Waals surface area contributed by atoms with Gasteiger partial charge in [-0.15, -0.1) is 11.3 Å². The number of amides is 1. The van der Waals surface area contributed by atoms with Gasteiger partial charge in [0.1, 0.15) is 27.5 Å². The Morgan fingerprint density at radius 2 is 2.30 bits per heavy atom. The van der Waals surface area contributed by atoms with E-state index in [9.17, 15) is 9.18 Å². The molecule has 5 rings (SSSR count). The van der Waals surface area contributed by atoms with Crippen LogP contribution in [0.4, 0.5) is 4.39 Å². The van der Waals surface area contributed by atoms with Crippen molar-refractivity contribution in [2.45, 2.75) is 12.5 Å². The van der Waals surface area contributed by atoms with Crippen molar-refractivity contribution in [3.63, 3.8) is 0 Å². The zero-order valence-electron chi connectivity index (χ0n) is 13.7. The summed E-state index contributed by atoms with van der Waals surface area (Å²) in [6, 6.07) is 4.32. The number of halogens is 2. The van der Waals surface area contributed by atoms with E-state index >= 15 is 0 Å². The Bertz CT molecular complexity index is 1170. The number of hydrogen-bond donors (Lipinski definition) is 2. The van der Waals surface area contributed by atoms with E-state index in [1.165, 1.54) is 23.6 Å². The van der Waals surface area contributed by atoms with Crippen molar-refractivity contribution >= 4 is 39.1 Å². The molecule has 0 spiro atoms. The molecule has 1 amide bonds. The van der Waals surface area contributed by atoms with E-state index < -0.39 is 6.04 Å². The fourth-order valence-corrected chi connectivity index (χ4v) is 4.65. The lowest BCUT2D eigenvalue weighted by molar-refractivity contribution is 0.0691. The predicted molar refractivity (Wildman–Crippen MR) is 98.3 cm³/mol. The number of H-pyrrole nitrogens is 2. The topological polar surface area (TPSA) is 90.6 Å². The highest BCUT2D eigenvalue weighted by molar-refractivity contribution is 7.18. The highest BCUT2D eigenvalue weighted by atomic mass is 35.5. The van der Waals surface area contributed by atoms with Gasteiger partial charge in [0.2, 0.25) is 0 Å². The third-order valence-corrected chi connectivity index (χ3v) is 5.99. The van der Waals surface area contributed by atoms with Gasteiger partial charge in [-0.25, -0.2) is 14.4 Å². The van der Waals surface area contributed by atoms with Crippen molar-refractivity contribution in [3.8, 4) is 0 Å². The summed E-state index contributed by atoms with van der Waals surface area (Å²) in [7, 11) is 0. The largest absolute Gasteiger partial charge is 0.348 e. The van der Waals surface area contributed by atoms with E-state index in [1.54, 1.807) is 17.3 Å². The average molecular weight is 403 g/mol. The Kier molecular flexibility index (Phi) is 3.73. The van der Waals surface area contributed by atoms with Crippen LogP contribution in [0.25, 0.3) is 10.2 Å². The molecule has 136 valence electrons. The molecule has 1 aromatic carbocycles. The van der Waals surface area contributed by atoms with Crippen LogP contribution in [0.2, 0.25) is 5.15 Å². The van der Waals surface area contributed by atoms with Gasteiger partial charge in [0.25, 0.3) is 5.91 Å². The smallest absolute Gasteiger partial charge is 0.259 e. The standard InChI is InChI=1S/C17H12ClFN6OS/c18-15-8(6-22-24-15)17(26)25-5-4-10-13(21-7-20-10)14(25)16-23-12-9(19)2-1-3-11(12)27-16/h1-3,6-7,14H,4-5H2,(H,20,21)(H,22,24)/t14-/m0/s1. The number of rotatable bonds is 2. The van der Waals surface area contributed by atoms with Crippen molar-refractivity contribution in [3.05, 3.63) is 63.7 Å². The summed E-state index contributed by atoms with van der Waals surface area (Å²) >= 11 is 7.41. The second-order valence-corrected chi connectivity index (χ2v) is 7.59. The van der Waals surface area contributed by atoms with Crippen LogP contribution in [0.3, 0.4) is 0 Å². The molecule has 0 aliphatic carbocycles. The zero-order valence-corrected chi connectivity index (χ0v) is 15.3. The van der Waals surface area contributed by atoms with E-state index in [0.717, 1.165) is 10.4 Å². The normalized spacial score (nSPS) is 16.7. The molecule has 27 heavy (non-hydrogen) atoms. The number of nitrogens with one attached hydrogen (secondary N) is 2. The van der Waals surface area contributed by atoms with Crippen LogP contribution in [-0.4, -0.2) is 42.5 Å². The quantitative estimate of drug-likeness (QED) is 0.538. The van der Waals surface area contributed by atoms with Crippen LogP contribution in [0.5, 0.6) is 0 Å². The molecule has 4 heterocycles. The summed E-state index contributed by atoms with van der Waals surface area (Å²) in [6.45, 7) is 0.457. The number of carbonyl (C=O) groups is 1. The molecule has 0 bridgehead atoms. The molecule has 0 radical (unpaired) electrons. The Balaban J connectivity index is 1.66. The number of para-hydroxylation sites is 1. The molecule has 1 aliphatic rings. The Labute approximate surface area is 161 Å². The van der Waals surface area contributed by atoms with E-state index in [1.807, 2.05) is 6.07 Å². The Morgan fingerprint density at radius 1 is 1.41 bits per heavy atom. The molecule has 3 aromatic heterocycles. The number of aromatic amines is 2. The Hall–Kier alpha value is -2.78. The van der Waals surface area contributed by atoms with Gasteiger partial charge in [-0.1, -0.05) is 17.7 Å². The molecular formula is C17H12ClFN6OS. The Morgan fingerprint density at radius 3 is 3.07 bits per heavy atom. The van der Waals surface area contributed by atoms with Gasteiger partial charge >= 0.3 is 0 Å². The van der Waals surface area contributed by atoms with Crippen LogP contribution in [0.15, 0.2) is 30.7 Å². The van der Waals surface area contributed by atoms with E-state index in [-0.39, 0.29) is 22.4 Å². The lowest BCUT2D eigenvalue weighted by Gasteiger charge is -2.33. The fraction of sp³-hybridized carbons (Fsp3) is 0.176. The molecule has 0 saturated carbocycles. The number of hydrogen-bond acceptors (Lipinski definition) is 5. The van der Waals surface area contributed by atoms with Crippen LogP contribution >= 0.6 is 22.9 Å². The van der Waals surface area contributed by atoms with Crippen molar-refractivity contribution in [2.75, 3.05) is 6.54 Å². The summed E-state index contributed by atoms with van der Waals surface area (Å²) < 4.78 is 14.9. The molecule has 1 aliphatic heterocycles. The van der Waals surface area contributed by atoms with Gasteiger partial charge in [-0.2, -0.15) is 5.10 Å². The molecule has 0 saturated heterocycles. The maximum atomic E-state index is 14.1. The fourth-order valence-electron chi connectivity index (χ4n) is 3.37. The molecule has 0 fully saturated rings. The second-order valence-electron chi connectivity index (χ2n) is 6.15. The number of thiazole rings is 1. The maximum absolute atomic E-state index is 14.1. The number of carbonyl (C=O) groups excluding carboxylic acids is 1. The molecule has 10 heteroatoms. The van der Waals surface area contributed by atoms with Gasteiger partial charge in [-0.3, -0.25) is 9.89 Å². The van der Waals surface area contributed by atoms with E-state index in [0.29, 0.717) is 29.2 Å². The molecular weight excluding hydrogens is 391 g/mol. The summed E-state index contributed by atoms with van der Waals surface area (Å²) in [4.78, 5) is 26.8. The number of benzene rings is 1. The first-order chi connectivity index (χ1) is 13.1. The molecule has 0 unspecified atom stereocenters. The van der Waals surface area contributed by atoms with Crippen LogP contribution in [-0.2, 0) is 6.42 Å². The first kappa shape index (κ1) is 16.4. The molecule has 2 N–H and O–H groups in total. The average Bonchev–Trinajstić information content (AvgIpc) is 3.39. The van der Waals surface area contributed by atoms with Crippen molar-refractivity contribution in [2.24, 2.45) is 0 Å². The lowest BCUT2D eigenvalue weighted by Crippen LogP contribution is -2.40. The van der Waals surface area contributed by atoms with E-state index in [2.05, 4.69) is 25.1 Å². The monoisotopic (exact) mass is 402 g/mol. The van der Waals surface area contributed by atoms with Crippen molar-refractivity contribution in [1.29, 1.82) is 0 Å². The number of nitrogens with zero attached hydrogens (tertiary/aromatic N) is 4. The van der Waals surface area contributed by atoms with Crippen molar-refractivity contribution in [1.82, 2.24) is 30.0 Å². The SMILES string of the molecule is O=C(c1cn[nH]c1Cl)N1CCc2[nH]cnc2[C@H]1c1nc2c(F)cccc2s1. The van der Waals surface area contributed by atoms with Gasteiger partial charge in [0, 0.05) is 18.7 Å². The van der Waals surface area contributed by atoms with Gasteiger partial charge in [0.15, 0.2) is 0 Å². The summed E-state index contributed by atoms with van der Waals surface area (Å²) in [6.07, 6.45) is 3.64. The third-order valence-electron chi connectivity index (χ3n) is 4.63. The molecule has 7 nitrogen and oxygen atoms in total. The lowest BCUT2D eigenvalue weighted by atomic mass is 10.0. The minimum absolute atomic E-state index is 0.182. The highest BCUT2D eigenvalue weighted by Crippen LogP contribution is 2.38. The van der Waals surface area contributed by atoms with Gasteiger partial charge in [0.05, 0.1) is 28.5 Å². The van der Waals surface area contributed by atoms with Gasteiger partial charge in [-0.05, 0) is 12.1 Å². The van der Waals surface area contributed by atoms with E-state index in [4.69, 9.17) is 11.6 Å². The zero-order chi connectivity index (χ0) is 18.5. The highest BCUT2D eigenvalue weighted by Gasteiger charge is 2.37. The summed E-state index contributed by atoms with van der Waals surface area (Å²) in [5.74, 6) is -0.657. The predicted octanol–water partition coefficient (Wildman–Crippen LogP) is 3.32. The van der Waals surface area contributed by atoms with Crippen molar-refractivity contribution < 1.29 is 9.18 Å². The summed E-state index contributed by atoms with van der Waals surface area (Å²) in [5.41, 5.74) is 2.25. The summed E-state index contributed by atoms with van der Waals surface area (Å²) in [5, 5.41) is 7.19. The second kappa shape index (κ2) is 6.14. The number of fused-ring (bicyclic) bond motifs is 2. The minimum Gasteiger partial charge on any atom is -0.348 e. The minimum atomic E-state index is -0.518. The molecule has 4 aromatic rings. The van der Waals surface area contributed by atoms with Gasteiger partial charge < -0.3 is 9.88 Å². The molecule has 1 atom stereocenters. The third kappa shape index (κ3) is 2.54. The first-order valence-electron chi connectivity index (χ1n) is 8.20. The first-order valence-corrected chi connectivity index (χ1v) is 9.40. The number of imidazole rings is 1. The number of aromatic nitrogens is 5. The van der Waals surface area contributed by atoms with Crippen LogP contribution in [0.1, 0.15) is 32.8 Å². The van der Waals surface area contributed by atoms with Crippen LogP contribution < -0.4 is 0 Å². The van der Waals surface area contributed by atoms with Crippen LogP contribution in [0, 0.1) is 5.82 Å². The maximum Gasteiger partial charge on any atom is 0.259 e.